The lowest BCUT2D eigenvalue weighted by molar-refractivity contribution is 0.246. The second-order valence-electron chi connectivity index (χ2n) is 5.76. The molecule has 2 aromatic rings. The van der Waals surface area contributed by atoms with Gasteiger partial charge in [-0.3, -0.25) is 9.58 Å². The monoisotopic (exact) mass is 302 g/mol. The summed E-state index contributed by atoms with van der Waals surface area (Å²) in [4.78, 5) is 15.5. The minimum Gasteiger partial charge on any atom is -0.354 e. The SMILES string of the molecule is CN(C)c1nccc(N2CCN(Cc3cn(C)nn3)CC2)n1. The van der Waals surface area contributed by atoms with Crippen molar-refractivity contribution in [1.29, 1.82) is 0 Å². The molecule has 0 radical (unpaired) electrons. The van der Waals surface area contributed by atoms with Crippen LogP contribution in [0.15, 0.2) is 18.5 Å². The van der Waals surface area contributed by atoms with E-state index >= 15 is 0 Å². The number of hydrogen-bond donors (Lipinski definition) is 0. The molecule has 0 amide bonds. The third kappa shape index (κ3) is 3.33. The van der Waals surface area contributed by atoms with Crippen LogP contribution in [-0.4, -0.2) is 70.1 Å². The highest BCUT2D eigenvalue weighted by Gasteiger charge is 2.19. The van der Waals surface area contributed by atoms with Crippen LogP contribution in [0.3, 0.4) is 0 Å². The molecular weight excluding hydrogens is 280 g/mol. The Hall–Kier alpha value is -2.22. The van der Waals surface area contributed by atoms with Gasteiger partial charge in [-0.15, -0.1) is 5.10 Å². The molecule has 22 heavy (non-hydrogen) atoms. The van der Waals surface area contributed by atoms with Crippen LogP contribution >= 0.6 is 0 Å². The molecule has 118 valence electrons. The van der Waals surface area contributed by atoms with E-state index in [0.29, 0.717) is 0 Å². The number of nitrogens with zero attached hydrogens (tertiary/aromatic N) is 8. The van der Waals surface area contributed by atoms with E-state index in [4.69, 9.17) is 0 Å². The van der Waals surface area contributed by atoms with Gasteiger partial charge in [0.25, 0.3) is 0 Å². The topological polar surface area (TPSA) is 66.2 Å². The van der Waals surface area contributed by atoms with Gasteiger partial charge in [0, 0.05) is 66.3 Å². The molecule has 0 aliphatic carbocycles. The fourth-order valence-corrected chi connectivity index (χ4v) is 2.56. The van der Waals surface area contributed by atoms with Crippen molar-refractivity contribution in [1.82, 2.24) is 29.9 Å². The molecule has 2 aromatic heterocycles. The molecule has 1 aliphatic rings. The number of aromatic nitrogens is 5. The summed E-state index contributed by atoms with van der Waals surface area (Å²) in [5.41, 5.74) is 1.02. The zero-order valence-electron chi connectivity index (χ0n) is 13.3. The number of rotatable bonds is 4. The molecule has 0 N–H and O–H groups in total. The smallest absolute Gasteiger partial charge is 0.226 e. The maximum Gasteiger partial charge on any atom is 0.226 e. The molecule has 0 unspecified atom stereocenters. The Morgan fingerprint density at radius 3 is 2.59 bits per heavy atom. The summed E-state index contributed by atoms with van der Waals surface area (Å²) < 4.78 is 1.75. The van der Waals surface area contributed by atoms with E-state index in [2.05, 4.69) is 30.1 Å². The zero-order chi connectivity index (χ0) is 15.5. The minimum atomic E-state index is 0.750. The van der Waals surface area contributed by atoms with Gasteiger partial charge < -0.3 is 9.80 Å². The van der Waals surface area contributed by atoms with Crippen LogP contribution in [0.2, 0.25) is 0 Å². The van der Waals surface area contributed by atoms with Crippen molar-refractivity contribution < 1.29 is 0 Å². The third-order valence-corrected chi connectivity index (χ3v) is 3.76. The van der Waals surface area contributed by atoms with Crippen LogP contribution in [0, 0.1) is 0 Å². The normalized spacial score (nSPS) is 16.0. The largest absolute Gasteiger partial charge is 0.354 e. The lowest BCUT2D eigenvalue weighted by atomic mass is 10.3. The summed E-state index contributed by atoms with van der Waals surface area (Å²) >= 11 is 0. The van der Waals surface area contributed by atoms with E-state index in [1.54, 1.807) is 4.68 Å². The van der Waals surface area contributed by atoms with Crippen LogP contribution < -0.4 is 9.80 Å². The second kappa shape index (κ2) is 6.27. The van der Waals surface area contributed by atoms with Crippen molar-refractivity contribution in [3.63, 3.8) is 0 Å². The Labute approximate surface area is 130 Å². The first-order valence-corrected chi connectivity index (χ1v) is 7.45. The maximum absolute atomic E-state index is 4.60. The van der Waals surface area contributed by atoms with Crippen molar-refractivity contribution in [3.8, 4) is 0 Å². The van der Waals surface area contributed by atoms with Crippen LogP contribution in [0.1, 0.15) is 5.69 Å². The molecule has 1 saturated heterocycles. The van der Waals surface area contributed by atoms with Gasteiger partial charge in [0.1, 0.15) is 5.82 Å². The van der Waals surface area contributed by atoms with E-state index in [1.165, 1.54) is 0 Å². The molecule has 0 saturated carbocycles. The lowest BCUT2D eigenvalue weighted by Gasteiger charge is -2.35. The third-order valence-electron chi connectivity index (χ3n) is 3.76. The Balaban J connectivity index is 1.58. The van der Waals surface area contributed by atoms with Crippen LogP contribution in [0.25, 0.3) is 0 Å². The predicted octanol–water partition coefficient (Wildman–Crippen LogP) is -0.00670. The van der Waals surface area contributed by atoms with Gasteiger partial charge in [0.15, 0.2) is 0 Å². The Morgan fingerprint density at radius 1 is 1.18 bits per heavy atom. The molecule has 3 heterocycles. The van der Waals surface area contributed by atoms with Gasteiger partial charge in [-0.25, -0.2) is 4.98 Å². The van der Waals surface area contributed by atoms with Gasteiger partial charge in [0.2, 0.25) is 5.95 Å². The van der Waals surface area contributed by atoms with E-state index in [0.717, 1.165) is 50.2 Å². The highest BCUT2D eigenvalue weighted by molar-refractivity contribution is 5.43. The van der Waals surface area contributed by atoms with Crippen molar-refractivity contribution in [3.05, 3.63) is 24.2 Å². The van der Waals surface area contributed by atoms with Crippen molar-refractivity contribution in [2.45, 2.75) is 6.54 Å². The Morgan fingerprint density at radius 2 is 1.95 bits per heavy atom. The fraction of sp³-hybridized carbons (Fsp3) is 0.571. The Bertz CT molecular complexity index is 615. The van der Waals surface area contributed by atoms with Gasteiger partial charge >= 0.3 is 0 Å². The molecule has 0 bridgehead atoms. The minimum absolute atomic E-state index is 0.750. The van der Waals surface area contributed by atoms with Crippen molar-refractivity contribution in [2.24, 2.45) is 7.05 Å². The summed E-state index contributed by atoms with van der Waals surface area (Å²) in [5, 5.41) is 8.13. The predicted molar refractivity (Wildman–Crippen MR) is 84.9 cm³/mol. The van der Waals surface area contributed by atoms with Gasteiger partial charge in [-0.1, -0.05) is 5.21 Å². The molecular formula is C14H22N8. The van der Waals surface area contributed by atoms with Crippen LogP contribution in [0.4, 0.5) is 11.8 Å². The molecule has 0 aromatic carbocycles. The molecule has 1 aliphatic heterocycles. The molecule has 3 rings (SSSR count). The molecule has 1 fully saturated rings. The Kier molecular flexibility index (Phi) is 4.19. The number of piperazine rings is 1. The first-order valence-electron chi connectivity index (χ1n) is 7.45. The summed E-state index contributed by atoms with van der Waals surface area (Å²) in [6.07, 6.45) is 3.80. The fourth-order valence-electron chi connectivity index (χ4n) is 2.56. The first kappa shape index (κ1) is 14.7. The summed E-state index contributed by atoms with van der Waals surface area (Å²) in [5.74, 6) is 1.75. The number of aryl methyl sites for hydroxylation is 1. The highest BCUT2D eigenvalue weighted by Crippen LogP contribution is 2.16. The zero-order valence-corrected chi connectivity index (χ0v) is 13.3. The highest BCUT2D eigenvalue weighted by atomic mass is 15.4. The van der Waals surface area contributed by atoms with Crippen LogP contribution in [-0.2, 0) is 13.6 Å². The van der Waals surface area contributed by atoms with E-state index in [9.17, 15) is 0 Å². The van der Waals surface area contributed by atoms with E-state index in [-0.39, 0.29) is 0 Å². The summed E-state index contributed by atoms with van der Waals surface area (Å²) in [6, 6.07) is 1.98. The van der Waals surface area contributed by atoms with Gasteiger partial charge in [-0.05, 0) is 6.07 Å². The average molecular weight is 302 g/mol. The molecule has 0 atom stereocenters. The van der Waals surface area contributed by atoms with Crippen molar-refractivity contribution in [2.75, 3.05) is 50.1 Å². The summed E-state index contributed by atoms with van der Waals surface area (Å²) in [7, 11) is 5.81. The second-order valence-corrected chi connectivity index (χ2v) is 5.76. The molecule has 8 nitrogen and oxygen atoms in total. The van der Waals surface area contributed by atoms with E-state index in [1.807, 2.05) is 44.5 Å². The van der Waals surface area contributed by atoms with Crippen molar-refractivity contribution >= 4 is 11.8 Å². The summed E-state index contributed by atoms with van der Waals surface area (Å²) in [6.45, 7) is 4.78. The molecule has 0 spiro atoms. The van der Waals surface area contributed by atoms with Gasteiger partial charge in [-0.2, -0.15) is 4.98 Å². The number of anilines is 2. The maximum atomic E-state index is 4.60. The van der Waals surface area contributed by atoms with Crippen LogP contribution in [0.5, 0.6) is 0 Å². The first-order chi connectivity index (χ1) is 10.6. The quantitative estimate of drug-likeness (QED) is 0.787. The molecule has 8 heteroatoms. The van der Waals surface area contributed by atoms with Gasteiger partial charge in [0.05, 0.1) is 5.69 Å². The average Bonchev–Trinajstić information content (AvgIpc) is 2.93. The lowest BCUT2D eigenvalue weighted by Crippen LogP contribution is -2.46. The van der Waals surface area contributed by atoms with E-state index < -0.39 is 0 Å². The standard InChI is InChI=1S/C14H22N8/c1-19(2)14-15-5-4-13(16-14)22-8-6-21(7-9-22)11-12-10-20(3)18-17-12/h4-5,10H,6-9,11H2,1-3H3. The number of hydrogen-bond acceptors (Lipinski definition) is 7.